The highest BCUT2D eigenvalue weighted by molar-refractivity contribution is 6.23. The van der Waals surface area contributed by atoms with Crippen molar-refractivity contribution in [2.75, 3.05) is 18.6 Å². The molecule has 2 saturated heterocycles. The van der Waals surface area contributed by atoms with Gasteiger partial charge in [-0.1, -0.05) is 30.4 Å². The third-order valence-corrected chi connectivity index (χ3v) is 4.54. The van der Waals surface area contributed by atoms with Crippen LogP contribution in [0.3, 0.4) is 0 Å². The van der Waals surface area contributed by atoms with Crippen LogP contribution in [-0.4, -0.2) is 37.2 Å². The van der Waals surface area contributed by atoms with E-state index in [1.807, 2.05) is 30.4 Å². The largest absolute Gasteiger partial charge is 0.381 e. The quantitative estimate of drug-likeness (QED) is 0.617. The summed E-state index contributed by atoms with van der Waals surface area (Å²) in [5.41, 5.74) is -0.172. The van der Waals surface area contributed by atoms with Gasteiger partial charge in [-0.2, -0.15) is 0 Å². The van der Waals surface area contributed by atoms with Crippen LogP contribution in [0.1, 0.15) is 0 Å². The third-order valence-electron chi connectivity index (χ3n) is 4.54. The molecule has 0 aliphatic carbocycles. The average Bonchev–Trinajstić information content (AvgIpc) is 3.11. The molecule has 5 nitrogen and oxygen atoms in total. The number of carbonyl (C=O) groups excluding carboxylic acids is 2. The molecule has 1 aromatic rings. The predicted octanol–water partition coefficient (Wildman–Crippen LogP) is 1.15. The number of methoxy groups -OCH3 is 1. The van der Waals surface area contributed by atoms with Gasteiger partial charge in [0.25, 0.3) is 0 Å². The van der Waals surface area contributed by atoms with Crippen molar-refractivity contribution in [1.82, 2.24) is 0 Å². The van der Waals surface area contributed by atoms with Crippen LogP contribution in [0, 0.1) is 11.8 Å². The molecule has 3 aliphatic rings. The Morgan fingerprint density at radius 3 is 2.71 bits per heavy atom. The number of nitrogens with zero attached hydrogens (tertiary/aromatic N) is 1. The van der Waals surface area contributed by atoms with Gasteiger partial charge in [0.15, 0.2) is 0 Å². The fourth-order valence-electron chi connectivity index (χ4n) is 3.72. The fraction of sp³-hybridized carbons (Fsp3) is 0.375. The molecule has 0 aromatic heterocycles. The minimum absolute atomic E-state index is 0.177. The fourth-order valence-corrected chi connectivity index (χ4v) is 3.72. The first-order chi connectivity index (χ1) is 10.2. The van der Waals surface area contributed by atoms with Crippen molar-refractivity contribution in [3.8, 4) is 0 Å². The van der Waals surface area contributed by atoms with Crippen LogP contribution >= 0.6 is 0 Å². The summed E-state index contributed by atoms with van der Waals surface area (Å²) in [6.07, 6.45) is 3.43. The first kappa shape index (κ1) is 12.7. The van der Waals surface area contributed by atoms with E-state index >= 15 is 0 Å². The van der Waals surface area contributed by atoms with Gasteiger partial charge in [0, 0.05) is 7.11 Å². The highest BCUT2D eigenvalue weighted by Gasteiger charge is 2.67. The van der Waals surface area contributed by atoms with Crippen LogP contribution in [0.2, 0.25) is 0 Å². The molecule has 3 aliphatic heterocycles. The number of benzene rings is 1. The molecule has 2 amide bonds. The zero-order chi connectivity index (χ0) is 14.6. The third kappa shape index (κ3) is 1.53. The molecule has 0 spiro atoms. The monoisotopic (exact) mass is 285 g/mol. The Labute approximate surface area is 122 Å². The Hall–Kier alpha value is -1.98. The van der Waals surface area contributed by atoms with Crippen molar-refractivity contribution in [3.05, 3.63) is 42.5 Å². The van der Waals surface area contributed by atoms with Gasteiger partial charge in [0.1, 0.15) is 5.60 Å². The molecule has 3 heterocycles. The first-order valence-electron chi connectivity index (χ1n) is 6.97. The van der Waals surface area contributed by atoms with Gasteiger partial charge in [0.2, 0.25) is 11.8 Å². The zero-order valence-corrected chi connectivity index (χ0v) is 11.6. The van der Waals surface area contributed by atoms with Gasteiger partial charge in [-0.05, 0) is 12.1 Å². The van der Waals surface area contributed by atoms with Gasteiger partial charge in [-0.25, -0.2) is 4.90 Å². The van der Waals surface area contributed by atoms with Gasteiger partial charge in [0.05, 0.1) is 30.2 Å². The number of amides is 2. The molecular weight excluding hydrogens is 270 g/mol. The van der Waals surface area contributed by atoms with E-state index in [9.17, 15) is 9.59 Å². The molecule has 108 valence electrons. The predicted molar refractivity (Wildman–Crippen MR) is 74.5 cm³/mol. The molecule has 2 bridgehead atoms. The van der Waals surface area contributed by atoms with E-state index in [4.69, 9.17) is 9.47 Å². The second-order valence-corrected chi connectivity index (χ2v) is 5.68. The van der Waals surface area contributed by atoms with Crippen molar-refractivity contribution in [2.45, 2.75) is 11.7 Å². The van der Waals surface area contributed by atoms with Crippen molar-refractivity contribution in [1.29, 1.82) is 0 Å². The standard InChI is InChI=1S/C16H15NO4/c1-20-9-16-8-7-11(21-16)12-13(16)15(19)17(14(12)18)10-5-3-2-4-6-10/h2-8,11-13H,9H2,1H3. The highest BCUT2D eigenvalue weighted by atomic mass is 16.6. The Morgan fingerprint density at radius 2 is 2.00 bits per heavy atom. The van der Waals surface area contributed by atoms with Crippen molar-refractivity contribution >= 4 is 17.5 Å². The molecule has 4 rings (SSSR count). The highest BCUT2D eigenvalue weighted by Crippen LogP contribution is 2.52. The number of para-hydroxylation sites is 1. The lowest BCUT2D eigenvalue weighted by molar-refractivity contribution is -0.128. The minimum atomic E-state index is -0.791. The number of hydrogen-bond acceptors (Lipinski definition) is 4. The lowest BCUT2D eigenvalue weighted by Crippen LogP contribution is -2.43. The normalized spacial score (nSPS) is 36.6. The molecule has 1 aromatic carbocycles. The summed E-state index contributed by atoms with van der Waals surface area (Å²) in [5, 5.41) is 0. The maximum Gasteiger partial charge on any atom is 0.241 e. The van der Waals surface area contributed by atoms with Crippen LogP contribution in [-0.2, 0) is 19.1 Å². The second-order valence-electron chi connectivity index (χ2n) is 5.68. The van der Waals surface area contributed by atoms with Crippen molar-refractivity contribution in [3.63, 3.8) is 0 Å². The molecule has 0 saturated carbocycles. The summed E-state index contributed by atoms with van der Waals surface area (Å²) in [7, 11) is 1.57. The Balaban J connectivity index is 1.76. The van der Waals surface area contributed by atoms with E-state index in [0.717, 1.165) is 0 Å². The lowest BCUT2D eigenvalue weighted by Gasteiger charge is -2.27. The number of anilines is 1. The molecule has 4 unspecified atom stereocenters. The van der Waals surface area contributed by atoms with E-state index in [-0.39, 0.29) is 24.5 Å². The molecule has 0 N–H and O–H groups in total. The number of imide groups is 1. The maximum absolute atomic E-state index is 12.8. The molecule has 0 radical (unpaired) electrons. The molecule has 4 atom stereocenters. The van der Waals surface area contributed by atoms with E-state index in [0.29, 0.717) is 5.69 Å². The van der Waals surface area contributed by atoms with Gasteiger partial charge < -0.3 is 9.47 Å². The summed E-state index contributed by atoms with van der Waals surface area (Å²) < 4.78 is 11.1. The maximum atomic E-state index is 12.8. The van der Waals surface area contributed by atoms with E-state index in [2.05, 4.69) is 0 Å². The van der Waals surface area contributed by atoms with E-state index in [1.54, 1.807) is 19.2 Å². The van der Waals surface area contributed by atoms with E-state index in [1.165, 1.54) is 4.90 Å². The smallest absolute Gasteiger partial charge is 0.241 e. The summed E-state index contributed by atoms with van der Waals surface area (Å²) in [5.74, 6) is -1.29. The Kier molecular flexibility index (Phi) is 2.58. The Morgan fingerprint density at radius 1 is 1.24 bits per heavy atom. The molecule has 21 heavy (non-hydrogen) atoms. The summed E-state index contributed by atoms with van der Waals surface area (Å²) in [6.45, 7) is 0.281. The first-order valence-corrected chi connectivity index (χ1v) is 6.97. The number of ether oxygens (including phenoxy) is 2. The van der Waals surface area contributed by atoms with Gasteiger partial charge in [-0.3, -0.25) is 9.59 Å². The van der Waals surface area contributed by atoms with Crippen molar-refractivity contribution in [2.24, 2.45) is 11.8 Å². The zero-order valence-electron chi connectivity index (χ0n) is 11.6. The van der Waals surface area contributed by atoms with Crippen molar-refractivity contribution < 1.29 is 19.1 Å². The SMILES string of the molecule is COCC12C=CC(O1)C1C(=O)N(c3ccccc3)C(=O)C12. The van der Waals surface area contributed by atoms with Crippen LogP contribution in [0.15, 0.2) is 42.5 Å². The number of rotatable bonds is 3. The molecule has 5 heteroatoms. The number of fused-ring (bicyclic) bond motifs is 5. The number of hydrogen-bond donors (Lipinski definition) is 0. The topological polar surface area (TPSA) is 55.8 Å². The number of carbonyl (C=O) groups is 2. The van der Waals surface area contributed by atoms with Gasteiger partial charge in [-0.15, -0.1) is 0 Å². The minimum Gasteiger partial charge on any atom is -0.381 e. The van der Waals surface area contributed by atoms with Gasteiger partial charge >= 0.3 is 0 Å². The molecular formula is C16H15NO4. The summed E-state index contributed by atoms with van der Waals surface area (Å²) in [4.78, 5) is 26.8. The Bertz CT molecular complexity index is 641. The summed E-state index contributed by atoms with van der Waals surface area (Å²) in [6, 6.07) is 9.04. The van der Waals surface area contributed by atoms with Crippen LogP contribution in [0.25, 0.3) is 0 Å². The van der Waals surface area contributed by atoms with Crippen LogP contribution in [0.4, 0.5) is 5.69 Å². The summed E-state index contributed by atoms with van der Waals surface area (Å²) >= 11 is 0. The van der Waals surface area contributed by atoms with E-state index < -0.39 is 17.4 Å². The van der Waals surface area contributed by atoms with Crippen LogP contribution < -0.4 is 4.90 Å². The molecule has 2 fully saturated rings. The second kappa shape index (κ2) is 4.26. The van der Waals surface area contributed by atoms with Crippen LogP contribution in [0.5, 0.6) is 0 Å². The lowest BCUT2D eigenvalue weighted by atomic mass is 9.77. The average molecular weight is 285 g/mol.